The summed E-state index contributed by atoms with van der Waals surface area (Å²) < 4.78 is 5.19. The van der Waals surface area contributed by atoms with E-state index in [9.17, 15) is 9.59 Å². The fourth-order valence-electron chi connectivity index (χ4n) is 2.39. The average molecular weight is 412 g/mol. The molecule has 0 bridgehead atoms. The quantitative estimate of drug-likeness (QED) is 0.582. The summed E-state index contributed by atoms with van der Waals surface area (Å²) in [6.45, 7) is 13.4. The topological polar surface area (TPSA) is 80.3 Å². The number of nitrogens with one attached hydrogen (secondary N) is 2. The third-order valence-corrected chi connectivity index (χ3v) is 4.55. The zero-order valence-electron chi connectivity index (χ0n) is 18.1. The van der Waals surface area contributed by atoms with Crippen LogP contribution in [0.25, 0.3) is 10.8 Å². The third-order valence-electron chi connectivity index (χ3n) is 3.67. The van der Waals surface area contributed by atoms with Gasteiger partial charge in [0, 0.05) is 5.39 Å². The Morgan fingerprint density at radius 3 is 2.45 bits per heavy atom. The molecule has 1 unspecified atom stereocenters. The molecule has 0 fully saturated rings. The number of carbonyl (C=O) groups is 2. The monoisotopic (exact) mass is 411 g/mol. The molecular formula is C22H29N3O3Si. The number of rotatable bonds is 3. The number of hydrogen-bond donors (Lipinski definition) is 2. The van der Waals surface area contributed by atoms with Crippen LogP contribution in [0.4, 0.5) is 10.6 Å². The minimum atomic E-state index is -1.58. The second-order valence-electron chi connectivity index (χ2n) is 8.93. The van der Waals surface area contributed by atoms with Crippen LogP contribution in [-0.2, 0) is 9.53 Å². The summed E-state index contributed by atoms with van der Waals surface area (Å²) in [6.07, 6.45) is -0.645. The van der Waals surface area contributed by atoms with E-state index in [-0.39, 0.29) is 5.91 Å². The number of aromatic nitrogens is 1. The highest BCUT2D eigenvalue weighted by Gasteiger charge is 2.21. The molecule has 1 aromatic heterocycles. The Kier molecular flexibility index (Phi) is 6.70. The molecule has 0 radical (unpaired) electrons. The number of alkyl carbamates (subject to hydrolysis) is 1. The largest absolute Gasteiger partial charge is 0.444 e. The summed E-state index contributed by atoms with van der Waals surface area (Å²) in [5, 5.41) is 7.17. The molecule has 1 aromatic carbocycles. The molecule has 29 heavy (non-hydrogen) atoms. The smallest absolute Gasteiger partial charge is 0.408 e. The Labute approximate surface area is 173 Å². The van der Waals surface area contributed by atoms with Crippen molar-refractivity contribution in [3.63, 3.8) is 0 Å². The van der Waals surface area contributed by atoms with Gasteiger partial charge in [0.2, 0.25) is 5.91 Å². The molecule has 2 aromatic rings. The number of anilines is 1. The number of amides is 2. The predicted molar refractivity (Wildman–Crippen MR) is 119 cm³/mol. The van der Waals surface area contributed by atoms with E-state index in [1.165, 1.54) is 0 Å². The van der Waals surface area contributed by atoms with Gasteiger partial charge in [0.1, 0.15) is 31.2 Å². The van der Waals surface area contributed by atoms with Crippen molar-refractivity contribution in [2.75, 3.05) is 5.32 Å². The molecule has 2 rings (SSSR count). The van der Waals surface area contributed by atoms with E-state index in [1.54, 1.807) is 33.8 Å². The highest BCUT2D eigenvalue weighted by molar-refractivity contribution is 6.83. The molecule has 7 heteroatoms. The van der Waals surface area contributed by atoms with Crippen LogP contribution in [0.5, 0.6) is 0 Å². The number of nitrogens with zero attached hydrogens (tertiary/aromatic N) is 1. The molecule has 6 nitrogen and oxygen atoms in total. The van der Waals surface area contributed by atoms with Gasteiger partial charge in [-0.05, 0) is 39.1 Å². The summed E-state index contributed by atoms with van der Waals surface area (Å²) in [5.41, 5.74) is 3.32. The third kappa shape index (κ3) is 7.24. The molecule has 1 atom stereocenters. The lowest BCUT2D eigenvalue weighted by Gasteiger charge is -2.21. The predicted octanol–water partition coefficient (Wildman–Crippen LogP) is 4.32. The molecule has 2 amide bonds. The minimum absolute atomic E-state index is 0.386. The summed E-state index contributed by atoms with van der Waals surface area (Å²) in [6, 6.07) is 8.80. The number of pyridine rings is 1. The maximum absolute atomic E-state index is 12.5. The van der Waals surface area contributed by atoms with Crippen molar-refractivity contribution in [2.45, 2.75) is 59.0 Å². The molecular weight excluding hydrogens is 382 g/mol. The van der Waals surface area contributed by atoms with E-state index in [0.29, 0.717) is 11.5 Å². The first-order chi connectivity index (χ1) is 13.3. The van der Waals surface area contributed by atoms with Gasteiger partial charge in [0.05, 0.1) is 0 Å². The summed E-state index contributed by atoms with van der Waals surface area (Å²) in [7, 11) is -1.58. The van der Waals surface area contributed by atoms with E-state index in [0.717, 1.165) is 10.8 Å². The van der Waals surface area contributed by atoms with Gasteiger partial charge >= 0.3 is 6.09 Å². The zero-order chi connectivity index (χ0) is 21.8. The van der Waals surface area contributed by atoms with Gasteiger partial charge in [-0.2, -0.15) is 0 Å². The molecule has 0 saturated heterocycles. The van der Waals surface area contributed by atoms with E-state index in [1.807, 2.05) is 24.3 Å². The number of fused-ring (bicyclic) bond motifs is 1. The van der Waals surface area contributed by atoms with Gasteiger partial charge in [-0.25, -0.2) is 9.78 Å². The number of carbonyl (C=O) groups excluding carboxylic acids is 2. The Morgan fingerprint density at radius 1 is 1.17 bits per heavy atom. The van der Waals surface area contributed by atoms with E-state index >= 15 is 0 Å². The lowest BCUT2D eigenvalue weighted by molar-refractivity contribution is -0.117. The van der Waals surface area contributed by atoms with Crippen molar-refractivity contribution in [2.24, 2.45) is 0 Å². The van der Waals surface area contributed by atoms with Crippen molar-refractivity contribution in [1.29, 1.82) is 0 Å². The van der Waals surface area contributed by atoms with Gasteiger partial charge in [-0.1, -0.05) is 49.8 Å². The fourth-order valence-corrected chi connectivity index (χ4v) is 2.88. The first-order valence-corrected chi connectivity index (χ1v) is 13.1. The second-order valence-corrected chi connectivity index (χ2v) is 13.7. The minimum Gasteiger partial charge on any atom is -0.444 e. The Hall–Kier alpha value is -2.85. The lowest BCUT2D eigenvalue weighted by Crippen LogP contribution is -2.44. The van der Waals surface area contributed by atoms with Crippen LogP contribution < -0.4 is 10.6 Å². The van der Waals surface area contributed by atoms with Crippen molar-refractivity contribution in [3.8, 4) is 11.5 Å². The van der Waals surface area contributed by atoms with Crippen LogP contribution >= 0.6 is 0 Å². The standard InChI is InChI=1S/C22H29N3O3Si/c1-15(23-21(27)28-22(2,3)4)20(26)25-19-14-16-10-8-9-11-17(16)18(24-19)12-13-29(5,6)7/h8-11,14-15H,1-7H3,(H,23,27)(H,24,25,26). The van der Waals surface area contributed by atoms with Gasteiger partial charge < -0.3 is 15.4 Å². The van der Waals surface area contributed by atoms with Crippen molar-refractivity contribution in [3.05, 3.63) is 36.0 Å². The highest BCUT2D eigenvalue weighted by atomic mass is 28.3. The molecule has 0 aliphatic heterocycles. The molecule has 0 aliphatic carbocycles. The molecule has 0 spiro atoms. The van der Waals surface area contributed by atoms with Crippen LogP contribution in [0.15, 0.2) is 30.3 Å². The molecule has 0 aliphatic rings. The van der Waals surface area contributed by atoms with Gasteiger partial charge in [-0.3, -0.25) is 4.79 Å². The SMILES string of the molecule is CC(NC(=O)OC(C)(C)C)C(=O)Nc1cc2ccccc2c(C#C[Si](C)(C)C)n1. The normalized spacial score (nSPS) is 12.5. The van der Waals surface area contributed by atoms with Gasteiger partial charge in [-0.15, -0.1) is 5.54 Å². The van der Waals surface area contributed by atoms with Gasteiger partial charge in [0.25, 0.3) is 0 Å². The molecule has 154 valence electrons. The van der Waals surface area contributed by atoms with E-state index in [2.05, 4.69) is 46.7 Å². The summed E-state index contributed by atoms with van der Waals surface area (Å²) in [5.74, 6) is 3.20. The number of hydrogen-bond acceptors (Lipinski definition) is 4. The molecule has 2 N–H and O–H groups in total. The Balaban J connectivity index is 2.24. The Bertz CT molecular complexity index is 979. The summed E-state index contributed by atoms with van der Waals surface area (Å²) >= 11 is 0. The van der Waals surface area contributed by atoms with Crippen LogP contribution in [-0.4, -0.2) is 36.7 Å². The van der Waals surface area contributed by atoms with Crippen molar-refractivity contribution < 1.29 is 14.3 Å². The Morgan fingerprint density at radius 2 is 1.83 bits per heavy atom. The van der Waals surface area contributed by atoms with E-state index < -0.39 is 25.8 Å². The average Bonchev–Trinajstić information content (AvgIpc) is 2.57. The maximum atomic E-state index is 12.5. The molecule has 1 heterocycles. The lowest BCUT2D eigenvalue weighted by atomic mass is 10.1. The second kappa shape index (κ2) is 8.66. The number of ether oxygens (including phenoxy) is 1. The highest BCUT2D eigenvalue weighted by Crippen LogP contribution is 2.21. The van der Waals surface area contributed by atoms with Crippen LogP contribution in [0.3, 0.4) is 0 Å². The van der Waals surface area contributed by atoms with Crippen LogP contribution in [0.1, 0.15) is 33.4 Å². The number of benzene rings is 1. The fraction of sp³-hybridized carbons (Fsp3) is 0.409. The van der Waals surface area contributed by atoms with Crippen molar-refractivity contribution >= 4 is 36.7 Å². The molecule has 0 saturated carbocycles. The van der Waals surface area contributed by atoms with Crippen molar-refractivity contribution in [1.82, 2.24) is 10.3 Å². The summed E-state index contributed by atoms with van der Waals surface area (Å²) in [4.78, 5) is 29.0. The first kappa shape index (κ1) is 22.4. The van der Waals surface area contributed by atoms with Crippen LogP contribution in [0, 0.1) is 11.5 Å². The zero-order valence-corrected chi connectivity index (χ0v) is 19.1. The van der Waals surface area contributed by atoms with E-state index in [4.69, 9.17) is 4.74 Å². The maximum Gasteiger partial charge on any atom is 0.408 e. The van der Waals surface area contributed by atoms with Crippen LogP contribution in [0.2, 0.25) is 19.6 Å². The van der Waals surface area contributed by atoms with Gasteiger partial charge in [0.15, 0.2) is 0 Å². The first-order valence-electron chi connectivity index (χ1n) is 9.57.